The minimum Gasteiger partial charge on any atom is -0.442 e. The van der Waals surface area contributed by atoms with Gasteiger partial charge in [0.2, 0.25) is 0 Å². The molecule has 1 unspecified atom stereocenters. The fourth-order valence-corrected chi connectivity index (χ4v) is 4.99. The monoisotopic (exact) mass is 487 g/mol. The predicted octanol–water partition coefficient (Wildman–Crippen LogP) is 4.99. The lowest BCUT2D eigenvalue weighted by Crippen LogP contribution is -2.44. The summed E-state index contributed by atoms with van der Waals surface area (Å²) in [6.45, 7) is 5.48. The van der Waals surface area contributed by atoms with Gasteiger partial charge in [0.1, 0.15) is 5.60 Å². The number of fused-ring (bicyclic) bond motifs is 1. The van der Waals surface area contributed by atoms with Gasteiger partial charge in [0.25, 0.3) is 5.91 Å². The lowest BCUT2D eigenvalue weighted by molar-refractivity contribution is 0.0513. The first-order chi connectivity index (χ1) is 17.2. The second-order valence-electron chi connectivity index (χ2n) is 10.8. The van der Waals surface area contributed by atoms with E-state index in [2.05, 4.69) is 10.00 Å². The topological polar surface area (TPSA) is 84.7 Å². The minimum atomic E-state index is -0.586. The summed E-state index contributed by atoms with van der Waals surface area (Å²) in [5.74, 6) is 0.0486. The van der Waals surface area contributed by atoms with Gasteiger partial charge in [-0.2, -0.15) is 9.78 Å². The summed E-state index contributed by atoms with van der Waals surface area (Å²) in [5.41, 5.74) is 4.81. The SMILES string of the molecule is CC(C)(C)OC(=O)n1cc2c(n1)CCC(N(C(=O)c1ccc(-c3ccccc3CO)cc1)C1CC1)C2. The Kier molecular flexibility index (Phi) is 6.43. The van der Waals surface area contributed by atoms with E-state index in [1.807, 2.05) is 69.3 Å². The molecule has 2 aliphatic carbocycles. The maximum absolute atomic E-state index is 13.7. The lowest BCUT2D eigenvalue weighted by atomic mass is 9.91. The van der Waals surface area contributed by atoms with Gasteiger partial charge in [-0.3, -0.25) is 4.79 Å². The maximum atomic E-state index is 13.7. The van der Waals surface area contributed by atoms with Crippen LogP contribution < -0.4 is 0 Å². The van der Waals surface area contributed by atoms with Crippen molar-refractivity contribution < 1.29 is 19.4 Å². The van der Waals surface area contributed by atoms with Crippen molar-refractivity contribution in [3.63, 3.8) is 0 Å². The van der Waals surface area contributed by atoms with E-state index in [1.165, 1.54) is 4.68 Å². The zero-order chi connectivity index (χ0) is 25.4. The summed E-state index contributed by atoms with van der Waals surface area (Å²) < 4.78 is 6.76. The summed E-state index contributed by atoms with van der Waals surface area (Å²) in [6.07, 6.45) is 5.56. The van der Waals surface area contributed by atoms with Crippen LogP contribution in [-0.2, 0) is 24.2 Å². The zero-order valence-electron chi connectivity index (χ0n) is 21.1. The van der Waals surface area contributed by atoms with Crippen molar-refractivity contribution >= 4 is 12.0 Å². The molecule has 5 rings (SSSR count). The third kappa shape index (κ3) is 5.07. The third-order valence-electron chi connectivity index (χ3n) is 6.83. The molecule has 1 N–H and O–H groups in total. The van der Waals surface area contributed by atoms with E-state index in [9.17, 15) is 14.7 Å². The quantitative estimate of drug-likeness (QED) is 0.548. The van der Waals surface area contributed by atoms with Gasteiger partial charge in [-0.05, 0) is 87.3 Å². The van der Waals surface area contributed by atoms with Crippen LogP contribution in [0.1, 0.15) is 67.2 Å². The molecule has 1 heterocycles. The molecule has 0 aliphatic heterocycles. The van der Waals surface area contributed by atoms with Crippen LogP contribution in [-0.4, -0.2) is 49.5 Å². The highest BCUT2D eigenvalue weighted by atomic mass is 16.6. The van der Waals surface area contributed by atoms with Crippen molar-refractivity contribution in [2.75, 3.05) is 0 Å². The summed E-state index contributed by atoms with van der Waals surface area (Å²) in [6, 6.07) is 15.8. The molecule has 0 spiro atoms. The number of hydrogen-bond acceptors (Lipinski definition) is 5. The molecule has 0 saturated heterocycles. The second-order valence-corrected chi connectivity index (χ2v) is 10.8. The Balaban J connectivity index is 1.33. The Morgan fingerprint density at radius 2 is 1.78 bits per heavy atom. The highest BCUT2D eigenvalue weighted by molar-refractivity contribution is 5.95. The van der Waals surface area contributed by atoms with Crippen LogP contribution in [0, 0.1) is 0 Å². The van der Waals surface area contributed by atoms with Crippen molar-refractivity contribution in [3.05, 3.63) is 77.1 Å². The third-order valence-corrected chi connectivity index (χ3v) is 6.83. The van der Waals surface area contributed by atoms with Crippen molar-refractivity contribution in [3.8, 4) is 11.1 Å². The Morgan fingerprint density at radius 3 is 2.44 bits per heavy atom. The number of carbonyl (C=O) groups excluding carboxylic acids is 2. The summed E-state index contributed by atoms with van der Waals surface area (Å²) >= 11 is 0. The number of aryl methyl sites for hydroxylation is 1. The summed E-state index contributed by atoms with van der Waals surface area (Å²) in [5, 5.41) is 14.1. The lowest BCUT2D eigenvalue weighted by Gasteiger charge is -2.34. The van der Waals surface area contributed by atoms with Gasteiger partial charge < -0.3 is 14.7 Å². The number of amides is 1. The number of benzene rings is 2. The molecule has 3 aromatic rings. The predicted molar refractivity (Wildman–Crippen MR) is 137 cm³/mol. The molecule has 1 saturated carbocycles. The van der Waals surface area contributed by atoms with Crippen molar-refractivity contribution in [2.45, 2.75) is 77.2 Å². The van der Waals surface area contributed by atoms with E-state index in [4.69, 9.17) is 4.74 Å². The number of ether oxygens (including phenoxy) is 1. The molecule has 0 bridgehead atoms. The van der Waals surface area contributed by atoms with Gasteiger partial charge in [-0.1, -0.05) is 36.4 Å². The standard InChI is InChI=1S/C29H33N3O4/c1-29(2,3)36-28(35)31-17-22-16-24(14-15-26(22)30-31)32(23-12-13-23)27(34)20-10-8-19(9-11-20)25-7-5-4-6-21(25)18-33/h4-11,17,23-24,33H,12-16,18H2,1-3H3. The molecule has 2 aromatic carbocycles. The Bertz CT molecular complexity index is 1270. The average Bonchev–Trinajstić information content (AvgIpc) is 3.59. The van der Waals surface area contributed by atoms with Gasteiger partial charge in [0.05, 0.1) is 12.3 Å². The second kappa shape index (κ2) is 9.54. The van der Waals surface area contributed by atoms with Crippen LogP contribution in [0.15, 0.2) is 54.7 Å². The number of carbonyl (C=O) groups is 2. The Labute approximate surface area is 211 Å². The van der Waals surface area contributed by atoms with Gasteiger partial charge in [-0.25, -0.2) is 4.79 Å². The van der Waals surface area contributed by atoms with Gasteiger partial charge in [-0.15, -0.1) is 0 Å². The van der Waals surface area contributed by atoms with E-state index >= 15 is 0 Å². The molecule has 0 radical (unpaired) electrons. The van der Waals surface area contributed by atoms with Gasteiger partial charge in [0, 0.05) is 23.8 Å². The summed E-state index contributed by atoms with van der Waals surface area (Å²) in [7, 11) is 0. The Morgan fingerprint density at radius 1 is 1.06 bits per heavy atom. The number of aliphatic hydroxyl groups excluding tert-OH is 1. The number of hydrogen-bond donors (Lipinski definition) is 1. The first kappa shape index (κ1) is 24.3. The highest BCUT2D eigenvalue weighted by Crippen LogP contribution is 2.35. The number of aliphatic hydroxyl groups is 1. The molecule has 1 fully saturated rings. The first-order valence-corrected chi connectivity index (χ1v) is 12.7. The summed E-state index contributed by atoms with van der Waals surface area (Å²) in [4.78, 5) is 28.2. The van der Waals surface area contributed by atoms with E-state index in [0.29, 0.717) is 12.0 Å². The van der Waals surface area contributed by atoms with E-state index in [-0.39, 0.29) is 24.6 Å². The largest absolute Gasteiger partial charge is 0.442 e. The van der Waals surface area contributed by atoms with Gasteiger partial charge in [0.15, 0.2) is 0 Å². The molecule has 1 amide bonds. The normalized spacial score (nSPS) is 17.4. The molecular formula is C29H33N3O4. The zero-order valence-corrected chi connectivity index (χ0v) is 21.1. The smallest absolute Gasteiger partial charge is 0.435 e. The molecule has 36 heavy (non-hydrogen) atoms. The Hall–Kier alpha value is -3.45. The van der Waals surface area contributed by atoms with Crippen molar-refractivity contribution in [2.24, 2.45) is 0 Å². The van der Waals surface area contributed by atoms with E-state index < -0.39 is 11.7 Å². The number of nitrogens with zero attached hydrogens (tertiary/aromatic N) is 3. The van der Waals surface area contributed by atoms with Crippen molar-refractivity contribution in [1.29, 1.82) is 0 Å². The van der Waals surface area contributed by atoms with E-state index in [1.54, 1.807) is 6.20 Å². The van der Waals surface area contributed by atoms with Crippen LogP contribution in [0.2, 0.25) is 0 Å². The van der Waals surface area contributed by atoms with Crippen LogP contribution >= 0.6 is 0 Å². The van der Waals surface area contributed by atoms with Gasteiger partial charge >= 0.3 is 6.09 Å². The fraction of sp³-hybridized carbons (Fsp3) is 0.414. The van der Waals surface area contributed by atoms with Crippen LogP contribution in [0.25, 0.3) is 11.1 Å². The van der Waals surface area contributed by atoms with Crippen LogP contribution in [0.3, 0.4) is 0 Å². The highest BCUT2D eigenvalue weighted by Gasteiger charge is 2.39. The molecule has 2 aliphatic rings. The molecule has 1 atom stereocenters. The van der Waals surface area contributed by atoms with Crippen LogP contribution in [0.4, 0.5) is 4.79 Å². The average molecular weight is 488 g/mol. The van der Waals surface area contributed by atoms with Crippen molar-refractivity contribution in [1.82, 2.24) is 14.7 Å². The molecule has 188 valence electrons. The molecule has 1 aromatic heterocycles. The maximum Gasteiger partial charge on any atom is 0.435 e. The molecule has 7 nitrogen and oxygen atoms in total. The molecular weight excluding hydrogens is 454 g/mol. The number of rotatable bonds is 5. The van der Waals surface area contributed by atoms with E-state index in [0.717, 1.165) is 53.6 Å². The fourth-order valence-electron chi connectivity index (χ4n) is 4.99. The first-order valence-electron chi connectivity index (χ1n) is 12.7. The molecule has 7 heteroatoms. The minimum absolute atomic E-state index is 0.0273. The number of aromatic nitrogens is 2. The van der Waals surface area contributed by atoms with Crippen LogP contribution in [0.5, 0.6) is 0 Å².